The number of methoxy groups -OCH3 is 1. The molecule has 0 heterocycles. The van der Waals surface area contributed by atoms with E-state index in [0.29, 0.717) is 5.92 Å². The van der Waals surface area contributed by atoms with Crippen molar-refractivity contribution in [3.8, 4) is 0 Å². The normalized spacial score (nSPS) is 19.0. The zero-order valence-corrected chi connectivity index (χ0v) is 8.02. The minimum absolute atomic E-state index is 0.110. The van der Waals surface area contributed by atoms with E-state index in [1.165, 1.54) is 7.11 Å². The van der Waals surface area contributed by atoms with E-state index in [-0.39, 0.29) is 11.4 Å². The average molecular weight is 168 g/mol. The van der Waals surface area contributed by atoms with Gasteiger partial charge in [0.25, 0.3) is 0 Å². The fourth-order valence-electron chi connectivity index (χ4n) is 1.53. The Morgan fingerprint density at radius 3 is 2.25 bits per heavy atom. The van der Waals surface area contributed by atoms with Crippen molar-refractivity contribution in [1.82, 2.24) is 0 Å². The summed E-state index contributed by atoms with van der Waals surface area (Å²) in [4.78, 5) is 11.4. The summed E-state index contributed by atoms with van der Waals surface area (Å²) in [5.74, 6) is 0.257. The molecule has 0 aromatic rings. The molecule has 0 saturated heterocycles. The highest BCUT2D eigenvalue weighted by molar-refractivity contribution is 5.83. The lowest BCUT2D eigenvalue weighted by atomic mass is 9.89. The molecule has 0 unspecified atom stereocenters. The minimum Gasteiger partial charge on any atom is -0.468 e. The van der Waals surface area contributed by atoms with E-state index < -0.39 is 0 Å². The van der Waals surface area contributed by atoms with Crippen molar-refractivity contribution >= 4 is 5.97 Å². The maximum atomic E-state index is 11.4. The Hall–Kier alpha value is -0.790. The summed E-state index contributed by atoms with van der Waals surface area (Å²) >= 11 is 0. The van der Waals surface area contributed by atoms with Crippen LogP contribution in [-0.4, -0.2) is 13.1 Å². The second-order valence-electron chi connectivity index (χ2n) is 3.75. The molecule has 2 nitrogen and oxygen atoms in total. The fourth-order valence-corrected chi connectivity index (χ4v) is 1.53. The number of rotatable bonds is 3. The van der Waals surface area contributed by atoms with Crippen LogP contribution < -0.4 is 0 Å². The third-order valence-corrected chi connectivity index (χ3v) is 2.64. The molecule has 1 aliphatic carbocycles. The first-order valence-corrected chi connectivity index (χ1v) is 4.32. The van der Waals surface area contributed by atoms with Crippen LogP contribution in [0.3, 0.4) is 0 Å². The Kier molecular flexibility index (Phi) is 2.27. The lowest BCUT2D eigenvalue weighted by molar-refractivity contribution is -0.145. The summed E-state index contributed by atoms with van der Waals surface area (Å²) in [6.45, 7) is 8.08. The Labute approximate surface area is 73.6 Å². The summed E-state index contributed by atoms with van der Waals surface area (Å²) in [6.07, 6.45) is 1.83. The van der Waals surface area contributed by atoms with Crippen LogP contribution in [0.25, 0.3) is 0 Å². The first-order chi connectivity index (χ1) is 5.54. The van der Waals surface area contributed by atoms with Crippen LogP contribution in [0.2, 0.25) is 0 Å². The standard InChI is InChI=1S/C10H16O2/c1-7(2)8(3)10(5-6-10)9(11)12-4/h7H,3,5-6H2,1-2,4H3. The molecule has 0 radical (unpaired) electrons. The second-order valence-corrected chi connectivity index (χ2v) is 3.75. The van der Waals surface area contributed by atoms with E-state index >= 15 is 0 Å². The highest BCUT2D eigenvalue weighted by Gasteiger charge is 2.53. The first kappa shape index (κ1) is 9.30. The van der Waals surface area contributed by atoms with Crippen molar-refractivity contribution in [2.24, 2.45) is 11.3 Å². The van der Waals surface area contributed by atoms with Crippen LogP contribution in [0.1, 0.15) is 26.7 Å². The Morgan fingerprint density at radius 2 is 2.00 bits per heavy atom. The van der Waals surface area contributed by atoms with Gasteiger partial charge >= 0.3 is 5.97 Å². The van der Waals surface area contributed by atoms with Gasteiger partial charge < -0.3 is 4.74 Å². The molecule has 12 heavy (non-hydrogen) atoms. The van der Waals surface area contributed by atoms with Crippen LogP contribution in [0.4, 0.5) is 0 Å². The molecule has 0 atom stereocenters. The van der Waals surface area contributed by atoms with Crippen LogP contribution >= 0.6 is 0 Å². The van der Waals surface area contributed by atoms with Gasteiger partial charge in [-0.1, -0.05) is 26.0 Å². The predicted octanol–water partition coefficient (Wildman–Crippen LogP) is 2.15. The molecular weight excluding hydrogens is 152 g/mol. The monoisotopic (exact) mass is 168 g/mol. The molecule has 0 N–H and O–H groups in total. The SMILES string of the molecule is C=C(C(C)C)C1(C(=O)OC)CC1. The molecule has 0 amide bonds. The van der Waals surface area contributed by atoms with Crippen molar-refractivity contribution in [2.45, 2.75) is 26.7 Å². The minimum atomic E-state index is -0.317. The third kappa shape index (κ3) is 1.26. The number of esters is 1. The van der Waals surface area contributed by atoms with E-state index in [9.17, 15) is 4.79 Å². The molecule has 0 aromatic carbocycles. The molecule has 0 bridgehead atoms. The molecule has 0 spiro atoms. The summed E-state index contributed by atoms with van der Waals surface area (Å²) < 4.78 is 4.75. The largest absolute Gasteiger partial charge is 0.468 e. The number of ether oxygens (including phenoxy) is 1. The van der Waals surface area contributed by atoms with Crippen LogP contribution in [0.5, 0.6) is 0 Å². The van der Waals surface area contributed by atoms with Gasteiger partial charge in [0.15, 0.2) is 0 Å². The Balaban J connectivity index is 2.73. The van der Waals surface area contributed by atoms with Crippen molar-refractivity contribution in [2.75, 3.05) is 7.11 Å². The molecule has 0 aliphatic heterocycles. The number of hydrogen-bond acceptors (Lipinski definition) is 2. The van der Waals surface area contributed by atoms with E-state index in [2.05, 4.69) is 20.4 Å². The molecule has 0 aromatic heterocycles. The quantitative estimate of drug-likeness (QED) is 0.477. The van der Waals surface area contributed by atoms with Gasteiger partial charge in [0, 0.05) is 0 Å². The van der Waals surface area contributed by atoms with Crippen LogP contribution in [0, 0.1) is 11.3 Å². The second kappa shape index (κ2) is 2.92. The zero-order chi connectivity index (χ0) is 9.35. The fraction of sp³-hybridized carbons (Fsp3) is 0.700. The van der Waals surface area contributed by atoms with Crippen LogP contribution in [0.15, 0.2) is 12.2 Å². The van der Waals surface area contributed by atoms with Gasteiger partial charge in [-0.05, 0) is 18.8 Å². The Bertz CT molecular complexity index is 212. The summed E-state index contributed by atoms with van der Waals surface area (Å²) in [5, 5.41) is 0. The first-order valence-electron chi connectivity index (χ1n) is 4.32. The van der Waals surface area contributed by atoms with Crippen molar-refractivity contribution < 1.29 is 9.53 Å². The predicted molar refractivity (Wildman–Crippen MR) is 47.7 cm³/mol. The van der Waals surface area contributed by atoms with Gasteiger partial charge in [0.2, 0.25) is 0 Å². The van der Waals surface area contributed by atoms with Gasteiger partial charge in [-0.25, -0.2) is 0 Å². The number of carbonyl (C=O) groups excluding carboxylic acids is 1. The van der Waals surface area contributed by atoms with E-state index in [4.69, 9.17) is 4.74 Å². The summed E-state index contributed by atoms with van der Waals surface area (Å²) in [5.41, 5.74) is 0.706. The van der Waals surface area contributed by atoms with Gasteiger partial charge in [0.1, 0.15) is 0 Å². The number of carbonyl (C=O) groups is 1. The van der Waals surface area contributed by atoms with E-state index in [0.717, 1.165) is 18.4 Å². The lowest BCUT2D eigenvalue weighted by Crippen LogP contribution is -2.21. The average Bonchev–Trinajstić information content (AvgIpc) is 2.82. The highest BCUT2D eigenvalue weighted by Crippen LogP contribution is 2.54. The molecule has 1 aliphatic rings. The van der Waals surface area contributed by atoms with E-state index in [1.54, 1.807) is 0 Å². The van der Waals surface area contributed by atoms with E-state index in [1.807, 2.05) is 0 Å². The molecule has 2 heteroatoms. The molecule has 68 valence electrons. The Morgan fingerprint density at radius 1 is 1.50 bits per heavy atom. The molecular formula is C10H16O2. The van der Waals surface area contributed by atoms with Gasteiger partial charge in [0.05, 0.1) is 12.5 Å². The van der Waals surface area contributed by atoms with Crippen molar-refractivity contribution in [1.29, 1.82) is 0 Å². The zero-order valence-electron chi connectivity index (χ0n) is 8.02. The maximum absolute atomic E-state index is 11.4. The smallest absolute Gasteiger partial charge is 0.315 e. The summed E-state index contributed by atoms with van der Waals surface area (Å²) in [7, 11) is 1.44. The van der Waals surface area contributed by atoms with Crippen molar-refractivity contribution in [3.63, 3.8) is 0 Å². The topological polar surface area (TPSA) is 26.3 Å². The van der Waals surface area contributed by atoms with Gasteiger partial charge in [-0.15, -0.1) is 0 Å². The van der Waals surface area contributed by atoms with Crippen molar-refractivity contribution in [3.05, 3.63) is 12.2 Å². The third-order valence-electron chi connectivity index (χ3n) is 2.64. The van der Waals surface area contributed by atoms with Gasteiger partial charge in [-0.2, -0.15) is 0 Å². The van der Waals surface area contributed by atoms with Gasteiger partial charge in [-0.3, -0.25) is 4.79 Å². The maximum Gasteiger partial charge on any atom is 0.315 e. The lowest BCUT2D eigenvalue weighted by Gasteiger charge is -2.18. The highest BCUT2D eigenvalue weighted by atomic mass is 16.5. The number of hydrogen-bond donors (Lipinski definition) is 0. The van der Waals surface area contributed by atoms with Crippen LogP contribution in [-0.2, 0) is 9.53 Å². The molecule has 1 rings (SSSR count). The summed E-state index contributed by atoms with van der Waals surface area (Å²) in [6, 6.07) is 0. The molecule has 1 fully saturated rings. The molecule has 1 saturated carbocycles.